The molecule has 1 unspecified atom stereocenters. The molecule has 2 heterocycles. The van der Waals surface area contributed by atoms with Gasteiger partial charge in [0.05, 0.1) is 6.61 Å². The Balaban J connectivity index is 2.31. The van der Waals surface area contributed by atoms with Crippen molar-refractivity contribution in [3.63, 3.8) is 0 Å². The lowest BCUT2D eigenvalue weighted by Crippen LogP contribution is -2.19. The van der Waals surface area contributed by atoms with E-state index in [4.69, 9.17) is 4.74 Å². The third-order valence-electron chi connectivity index (χ3n) is 2.78. The minimum atomic E-state index is 0.611. The largest absolute Gasteiger partial charge is 0.372 e. The summed E-state index contributed by atoms with van der Waals surface area (Å²) < 4.78 is 7.64. The van der Waals surface area contributed by atoms with Crippen molar-refractivity contribution < 1.29 is 4.74 Å². The lowest BCUT2D eigenvalue weighted by atomic mass is 10.1. The van der Waals surface area contributed by atoms with Crippen LogP contribution in [0.25, 0.3) is 0 Å². The van der Waals surface area contributed by atoms with Gasteiger partial charge in [-0.3, -0.25) is 0 Å². The second kappa shape index (κ2) is 3.50. The van der Waals surface area contributed by atoms with E-state index in [0.717, 1.165) is 19.0 Å². The molecule has 0 saturated carbocycles. The number of aromatic nitrogens is 2. The average molecular weight is 180 g/mol. The maximum Gasteiger partial charge on any atom is 0.135 e. The van der Waals surface area contributed by atoms with Crippen molar-refractivity contribution in [2.75, 3.05) is 6.61 Å². The number of fused-ring (bicyclic) bond motifs is 1. The molecule has 3 nitrogen and oxygen atoms in total. The van der Waals surface area contributed by atoms with Crippen molar-refractivity contribution in [2.24, 2.45) is 0 Å². The maximum absolute atomic E-state index is 5.34. The van der Waals surface area contributed by atoms with Gasteiger partial charge in [-0.1, -0.05) is 13.8 Å². The average Bonchev–Trinajstić information content (AvgIpc) is 2.60. The Morgan fingerprint density at radius 3 is 3.31 bits per heavy atom. The fraction of sp³-hybridized carbons (Fsp3) is 0.700. The highest BCUT2D eigenvalue weighted by Crippen LogP contribution is 2.21. The molecule has 0 N–H and O–H groups in total. The number of hydrogen-bond donors (Lipinski definition) is 0. The van der Waals surface area contributed by atoms with E-state index >= 15 is 0 Å². The summed E-state index contributed by atoms with van der Waals surface area (Å²) in [5.41, 5.74) is 1.36. The minimum Gasteiger partial charge on any atom is -0.372 e. The van der Waals surface area contributed by atoms with Gasteiger partial charge in [0.15, 0.2) is 0 Å². The zero-order chi connectivity index (χ0) is 9.26. The summed E-state index contributed by atoms with van der Waals surface area (Å²) in [5, 5.41) is 0. The second-order valence-corrected chi connectivity index (χ2v) is 3.61. The van der Waals surface area contributed by atoms with Gasteiger partial charge in [-0.2, -0.15) is 0 Å². The van der Waals surface area contributed by atoms with E-state index in [0.29, 0.717) is 12.5 Å². The number of hydrogen-bond acceptors (Lipinski definition) is 2. The van der Waals surface area contributed by atoms with Crippen LogP contribution in [0.5, 0.6) is 0 Å². The van der Waals surface area contributed by atoms with Crippen molar-refractivity contribution in [3.8, 4) is 0 Å². The van der Waals surface area contributed by atoms with Crippen molar-refractivity contribution in [3.05, 3.63) is 17.7 Å². The van der Waals surface area contributed by atoms with Crippen LogP contribution >= 0.6 is 0 Å². The normalized spacial score (nSPS) is 18.3. The molecule has 13 heavy (non-hydrogen) atoms. The number of rotatable bonds is 2. The van der Waals surface area contributed by atoms with E-state index in [-0.39, 0.29) is 0 Å². The van der Waals surface area contributed by atoms with Gasteiger partial charge in [0.25, 0.3) is 0 Å². The summed E-state index contributed by atoms with van der Waals surface area (Å²) >= 11 is 0. The quantitative estimate of drug-likeness (QED) is 0.695. The van der Waals surface area contributed by atoms with Crippen molar-refractivity contribution in [1.82, 2.24) is 9.55 Å². The van der Waals surface area contributed by atoms with Gasteiger partial charge in [0, 0.05) is 18.4 Å². The highest BCUT2D eigenvalue weighted by molar-refractivity contribution is 5.10. The van der Waals surface area contributed by atoms with Crippen molar-refractivity contribution in [2.45, 2.75) is 39.3 Å². The molecule has 0 aromatic carbocycles. The van der Waals surface area contributed by atoms with Gasteiger partial charge in [-0.15, -0.1) is 0 Å². The molecule has 0 spiro atoms. The molecule has 0 radical (unpaired) electrons. The maximum atomic E-state index is 5.34. The highest BCUT2D eigenvalue weighted by Gasteiger charge is 2.16. The Morgan fingerprint density at radius 2 is 2.54 bits per heavy atom. The molecule has 1 atom stereocenters. The van der Waals surface area contributed by atoms with Crippen molar-refractivity contribution >= 4 is 0 Å². The summed E-state index contributed by atoms with van der Waals surface area (Å²) in [5.74, 6) is 1.70. The molecular formula is C10H16N2O. The summed E-state index contributed by atoms with van der Waals surface area (Å²) in [7, 11) is 0. The Bertz CT molecular complexity index is 293. The van der Waals surface area contributed by atoms with Crippen LogP contribution in [0.15, 0.2) is 6.20 Å². The van der Waals surface area contributed by atoms with E-state index in [9.17, 15) is 0 Å². The van der Waals surface area contributed by atoms with Gasteiger partial charge in [-0.05, 0) is 12.3 Å². The molecule has 1 aromatic rings. The predicted octanol–water partition coefficient (Wildman–Crippen LogP) is 1.93. The van der Waals surface area contributed by atoms with E-state index in [2.05, 4.69) is 23.4 Å². The lowest BCUT2D eigenvalue weighted by Gasteiger charge is -2.19. The monoisotopic (exact) mass is 180 g/mol. The Hall–Kier alpha value is -0.830. The van der Waals surface area contributed by atoms with E-state index < -0.39 is 0 Å². The summed E-state index contributed by atoms with van der Waals surface area (Å²) in [6.07, 6.45) is 3.17. The van der Waals surface area contributed by atoms with Crippen LogP contribution in [0.4, 0.5) is 0 Å². The molecule has 3 heteroatoms. The Kier molecular flexibility index (Phi) is 2.36. The smallest absolute Gasteiger partial charge is 0.135 e. The standard InChI is InChI=1S/C10H16N2O/c1-3-8(2)9-6-11-10-7-13-5-4-12(9)10/h6,8H,3-5,7H2,1-2H3. The molecule has 0 saturated heterocycles. The fourth-order valence-corrected chi connectivity index (χ4v) is 1.72. The molecule has 0 amide bonds. The third-order valence-corrected chi connectivity index (χ3v) is 2.78. The summed E-state index contributed by atoms with van der Waals surface area (Å²) in [4.78, 5) is 4.36. The Morgan fingerprint density at radius 1 is 1.69 bits per heavy atom. The van der Waals surface area contributed by atoms with Gasteiger partial charge in [0.1, 0.15) is 12.4 Å². The van der Waals surface area contributed by atoms with Gasteiger partial charge >= 0.3 is 0 Å². The zero-order valence-corrected chi connectivity index (χ0v) is 8.29. The fourth-order valence-electron chi connectivity index (χ4n) is 1.72. The van der Waals surface area contributed by atoms with Crippen LogP contribution in [0.3, 0.4) is 0 Å². The van der Waals surface area contributed by atoms with Crippen molar-refractivity contribution in [1.29, 1.82) is 0 Å². The molecule has 1 aliphatic rings. The van der Waals surface area contributed by atoms with Gasteiger partial charge < -0.3 is 9.30 Å². The third kappa shape index (κ3) is 1.48. The van der Waals surface area contributed by atoms with E-state index in [1.54, 1.807) is 0 Å². The molecule has 0 aliphatic carbocycles. The first-order chi connectivity index (χ1) is 6.33. The summed E-state index contributed by atoms with van der Waals surface area (Å²) in [6, 6.07) is 0. The van der Waals surface area contributed by atoms with E-state index in [1.807, 2.05) is 6.20 Å². The van der Waals surface area contributed by atoms with Crippen LogP contribution in [-0.2, 0) is 17.9 Å². The zero-order valence-electron chi connectivity index (χ0n) is 8.29. The van der Waals surface area contributed by atoms with Gasteiger partial charge in [-0.25, -0.2) is 4.98 Å². The van der Waals surface area contributed by atoms with E-state index in [1.165, 1.54) is 12.1 Å². The topological polar surface area (TPSA) is 27.1 Å². The number of nitrogens with zero attached hydrogens (tertiary/aromatic N) is 2. The molecule has 72 valence electrons. The number of imidazole rings is 1. The predicted molar refractivity (Wildman–Crippen MR) is 50.6 cm³/mol. The Labute approximate surface area is 78.7 Å². The SMILES string of the molecule is CCC(C)c1cnc2n1CCOC2. The lowest BCUT2D eigenvalue weighted by molar-refractivity contribution is 0.0803. The minimum absolute atomic E-state index is 0.611. The number of ether oxygens (including phenoxy) is 1. The first-order valence-electron chi connectivity index (χ1n) is 4.95. The molecular weight excluding hydrogens is 164 g/mol. The first-order valence-corrected chi connectivity index (χ1v) is 4.95. The molecule has 0 bridgehead atoms. The second-order valence-electron chi connectivity index (χ2n) is 3.61. The van der Waals surface area contributed by atoms with Gasteiger partial charge in [0.2, 0.25) is 0 Å². The van der Waals surface area contributed by atoms with Crippen LogP contribution < -0.4 is 0 Å². The van der Waals surface area contributed by atoms with Crippen LogP contribution in [-0.4, -0.2) is 16.2 Å². The molecule has 1 aromatic heterocycles. The first kappa shape index (κ1) is 8.75. The van der Waals surface area contributed by atoms with Crippen LogP contribution in [0, 0.1) is 0 Å². The molecule has 2 rings (SSSR count). The highest BCUT2D eigenvalue weighted by atomic mass is 16.5. The molecule has 0 fully saturated rings. The molecule has 1 aliphatic heterocycles. The van der Waals surface area contributed by atoms with Crippen LogP contribution in [0.1, 0.15) is 37.7 Å². The van der Waals surface area contributed by atoms with Crippen LogP contribution in [0.2, 0.25) is 0 Å². The summed E-state index contributed by atoms with van der Waals surface area (Å²) in [6.45, 7) is 6.93.